The molecule has 0 saturated heterocycles. The number of alkyl halides is 1. The monoisotopic (exact) mass is 311 g/mol. The topological polar surface area (TPSA) is 29.1 Å². The van der Waals surface area contributed by atoms with Crippen LogP contribution in [0, 0.1) is 5.92 Å². The second-order valence-corrected chi connectivity index (χ2v) is 6.53. The maximum absolute atomic E-state index is 13.2. The number of hydrogen-bond acceptors (Lipinski definition) is 1. The van der Waals surface area contributed by atoms with Crippen LogP contribution in [0.1, 0.15) is 48.9 Å². The summed E-state index contributed by atoms with van der Waals surface area (Å²) < 4.78 is 13.2. The number of carbonyl (C=O) groups excluding carboxylic acids is 1. The van der Waals surface area contributed by atoms with Gasteiger partial charge in [-0.2, -0.15) is 0 Å². The minimum Gasteiger partial charge on any atom is -0.345 e. The van der Waals surface area contributed by atoms with E-state index < -0.39 is 12.1 Å². The highest BCUT2D eigenvalue weighted by molar-refractivity contribution is 5.82. The van der Waals surface area contributed by atoms with Crippen molar-refractivity contribution in [3.63, 3.8) is 0 Å². The van der Waals surface area contributed by atoms with Crippen molar-refractivity contribution in [2.75, 3.05) is 0 Å². The van der Waals surface area contributed by atoms with Gasteiger partial charge >= 0.3 is 0 Å². The largest absolute Gasteiger partial charge is 0.345 e. The average molecular weight is 311 g/mol. The second kappa shape index (κ2) is 6.53. The fourth-order valence-electron chi connectivity index (χ4n) is 2.76. The number of hydrogen-bond donors (Lipinski definition) is 1. The molecule has 1 fully saturated rings. The van der Waals surface area contributed by atoms with Gasteiger partial charge in [-0.3, -0.25) is 4.79 Å². The fourth-order valence-corrected chi connectivity index (χ4v) is 2.76. The Hall–Kier alpha value is -2.16. The summed E-state index contributed by atoms with van der Waals surface area (Å²) in [7, 11) is 0. The van der Waals surface area contributed by atoms with Crippen molar-refractivity contribution in [1.82, 2.24) is 5.32 Å². The zero-order chi connectivity index (χ0) is 16.4. The Bertz CT molecular complexity index is 666. The molecule has 0 bridgehead atoms. The van der Waals surface area contributed by atoms with E-state index >= 15 is 0 Å². The van der Waals surface area contributed by atoms with E-state index in [0.717, 1.165) is 11.1 Å². The highest BCUT2D eigenvalue weighted by Crippen LogP contribution is 2.35. The molecule has 0 heterocycles. The Balaban J connectivity index is 1.86. The summed E-state index contributed by atoms with van der Waals surface area (Å²) >= 11 is 0. The van der Waals surface area contributed by atoms with Gasteiger partial charge in [-0.15, -0.1) is 0 Å². The van der Waals surface area contributed by atoms with Crippen LogP contribution >= 0.6 is 0 Å². The van der Waals surface area contributed by atoms with Crippen LogP contribution in [0.15, 0.2) is 54.6 Å². The number of carbonyl (C=O) groups is 1. The predicted molar refractivity (Wildman–Crippen MR) is 90.0 cm³/mol. The van der Waals surface area contributed by atoms with E-state index in [1.54, 1.807) is 0 Å². The molecule has 1 saturated carbocycles. The van der Waals surface area contributed by atoms with Gasteiger partial charge in [-0.05, 0) is 29.0 Å². The van der Waals surface area contributed by atoms with Gasteiger partial charge in [0.15, 0.2) is 0 Å². The van der Waals surface area contributed by atoms with Crippen molar-refractivity contribution in [1.29, 1.82) is 0 Å². The molecule has 120 valence electrons. The van der Waals surface area contributed by atoms with E-state index in [0.29, 0.717) is 12.3 Å². The van der Waals surface area contributed by atoms with Gasteiger partial charge in [0.25, 0.3) is 0 Å². The summed E-state index contributed by atoms with van der Waals surface area (Å²) in [6.07, 6.45) is -0.630. The van der Waals surface area contributed by atoms with Crippen LogP contribution in [0.4, 0.5) is 4.39 Å². The van der Waals surface area contributed by atoms with Crippen LogP contribution in [0.3, 0.4) is 0 Å². The molecular weight excluding hydrogens is 289 g/mol. The minimum atomic E-state index is -0.977. The van der Waals surface area contributed by atoms with E-state index in [2.05, 4.69) is 31.3 Å². The van der Waals surface area contributed by atoms with Crippen LogP contribution in [0.25, 0.3) is 0 Å². The van der Waals surface area contributed by atoms with Crippen LogP contribution in [0.5, 0.6) is 0 Å². The molecule has 3 heteroatoms. The molecule has 23 heavy (non-hydrogen) atoms. The zero-order valence-electron chi connectivity index (χ0n) is 13.5. The summed E-state index contributed by atoms with van der Waals surface area (Å²) in [4.78, 5) is 12.2. The van der Waals surface area contributed by atoms with Crippen molar-refractivity contribution in [2.24, 2.45) is 5.92 Å². The second-order valence-electron chi connectivity index (χ2n) is 6.53. The van der Waals surface area contributed by atoms with Crippen LogP contribution in [-0.4, -0.2) is 12.1 Å². The molecule has 0 radical (unpaired) electrons. The molecule has 1 aliphatic rings. The van der Waals surface area contributed by atoms with Gasteiger partial charge in [0.2, 0.25) is 5.91 Å². The van der Waals surface area contributed by atoms with Crippen LogP contribution < -0.4 is 5.32 Å². The molecule has 0 spiro atoms. The molecule has 0 aromatic heterocycles. The first-order valence-electron chi connectivity index (χ1n) is 8.15. The molecule has 0 aliphatic heterocycles. The van der Waals surface area contributed by atoms with Gasteiger partial charge in [-0.25, -0.2) is 4.39 Å². The highest BCUT2D eigenvalue weighted by atomic mass is 19.1. The maximum Gasteiger partial charge on any atom is 0.226 e. The van der Waals surface area contributed by atoms with E-state index in [1.807, 2.05) is 42.5 Å². The third kappa shape index (κ3) is 3.61. The molecule has 2 nitrogen and oxygen atoms in total. The number of benzene rings is 2. The number of rotatable bonds is 5. The van der Waals surface area contributed by atoms with Crippen molar-refractivity contribution in [3.05, 3.63) is 71.3 Å². The molecule has 2 aromatic carbocycles. The van der Waals surface area contributed by atoms with Gasteiger partial charge in [-0.1, -0.05) is 68.4 Å². The SMILES string of the molecule is CC(C)c1ccc([C@@H](NC(=O)[C@@H]2C[C@H]2F)c2ccccc2)cc1. The molecule has 1 aliphatic carbocycles. The molecular formula is C20H22FNO. The first kappa shape index (κ1) is 15.7. The number of amides is 1. The smallest absolute Gasteiger partial charge is 0.226 e. The van der Waals surface area contributed by atoms with Gasteiger partial charge in [0, 0.05) is 0 Å². The van der Waals surface area contributed by atoms with E-state index in [9.17, 15) is 9.18 Å². The van der Waals surface area contributed by atoms with E-state index in [-0.39, 0.29) is 11.9 Å². The first-order chi connectivity index (χ1) is 11.1. The summed E-state index contributed by atoms with van der Waals surface area (Å²) in [6.45, 7) is 4.31. The van der Waals surface area contributed by atoms with Crippen molar-refractivity contribution in [3.8, 4) is 0 Å². The Morgan fingerprint density at radius 2 is 1.52 bits per heavy atom. The molecule has 0 unspecified atom stereocenters. The number of nitrogens with one attached hydrogen (secondary N) is 1. The van der Waals surface area contributed by atoms with Crippen molar-refractivity contribution >= 4 is 5.91 Å². The third-order valence-electron chi connectivity index (χ3n) is 4.41. The lowest BCUT2D eigenvalue weighted by molar-refractivity contribution is -0.123. The average Bonchev–Trinajstić information content (AvgIpc) is 3.30. The van der Waals surface area contributed by atoms with Gasteiger partial charge in [0.05, 0.1) is 12.0 Å². The standard InChI is InChI=1S/C20H22FNO/c1-13(2)14-8-10-16(11-9-14)19(15-6-4-3-5-7-15)22-20(23)17-12-18(17)21/h3-11,13,17-19H,12H2,1-2H3,(H,22,23)/t17-,18-,19+/m1/s1. The highest BCUT2D eigenvalue weighted by Gasteiger charge is 2.44. The van der Waals surface area contributed by atoms with Crippen molar-refractivity contribution in [2.45, 2.75) is 38.4 Å². The lowest BCUT2D eigenvalue weighted by atomic mass is 9.95. The quantitative estimate of drug-likeness (QED) is 0.872. The normalized spacial score (nSPS) is 21.0. The predicted octanol–water partition coefficient (Wildman–Crippen LogP) is 4.37. The summed E-state index contributed by atoms with van der Waals surface area (Å²) in [5, 5.41) is 3.01. The molecule has 3 rings (SSSR count). The Labute approximate surface area is 136 Å². The Morgan fingerprint density at radius 1 is 1.00 bits per heavy atom. The lowest BCUT2D eigenvalue weighted by Crippen LogP contribution is -2.31. The summed E-state index contributed by atoms with van der Waals surface area (Å²) in [5.74, 6) is -0.206. The zero-order valence-corrected chi connectivity index (χ0v) is 13.5. The Morgan fingerprint density at radius 3 is 2.04 bits per heavy atom. The van der Waals surface area contributed by atoms with Crippen LogP contribution in [-0.2, 0) is 4.79 Å². The van der Waals surface area contributed by atoms with Gasteiger partial charge in [0.1, 0.15) is 6.17 Å². The van der Waals surface area contributed by atoms with E-state index in [1.165, 1.54) is 5.56 Å². The fraction of sp³-hybridized carbons (Fsp3) is 0.350. The molecule has 1 amide bonds. The minimum absolute atomic E-state index is 0.195. The van der Waals surface area contributed by atoms with Gasteiger partial charge < -0.3 is 5.32 Å². The molecule has 1 N–H and O–H groups in total. The lowest BCUT2D eigenvalue weighted by Gasteiger charge is -2.20. The molecule has 3 atom stereocenters. The third-order valence-corrected chi connectivity index (χ3v) is 4.41. The summed E-state index contributed by atoms with van der Waals surface area (Å²) in [6, 6.07) is 17.9. The maximum atomic E-state index is 13.2. The van der Waals surface area contributed by atoms with E-state index in [4.69, 9.17) is 0 Å². The molecule has 2 aromatic rings. The first-order valence-corrected chi connectivity index (χ1v) is 8.15. The van der Waals surface area contributed by atoms with Crippen molar-refractivity contribution < 1.29 is 9.18 Å². The number of halogens is 1. The summed E-state index contributed by atoms with van der Waals surface area (Å²) in [5.41, 5.74) is 3.29. The van der Waals surface area contributed by atoms with Crippen LogP contribution in [0.2, 0.25) is 0 Å². The Kier molecular flexibility index (Phi) is 4.46.